The average Bonchev–Trinajstić information content (AvgIpc) is 2.46. The highest BCUT2D eigenvalue weighted by Gasteiger charge is 2.21. The lowest BCUT2D eigenvalue weighted by atomic mass is 9.86. The maximum atomic E-state index is 12.4. The number of carbonyl (C=O) groups excluding carboxylic acids is 1. The quantitative estimate of drug-likeness (QED) is 0.615. The summed E-state index contributed by atoms with van der Waals surface area (Å²) in [5.74, 6) is -0.296. The first kappa shape index (κ1) is 12.5. The third kappa shape index (κ3) is 2.18. The molecule has 3 rings (SSSR count). The Morgan fingerprint density at radius 3 is 2.55 bits per heavy atom. The van der Waals surface area contributed by atoms with E-state index in [9.17, 15) is 15.0 Å². The van der Waals surface area contributed by atoms with Gasteiger partial charge in [-0.3, -0.25) is 4.79 Å². The van der Waals surface area contributed by atoms with Gasteiger partial charge in [-0.2, -0.15) is 0 Å². The number of hydrogen-bond acceptors (Lipinski definition) is 3. The Kier molecular flexibility index (Phi) is 3.03. The summed E-state index contributed by atoms with van der Waals surface area (Å²) < 4.78 is 0. The Hall–Kier alpha value is -2.55. The lowest BCUT2D eigenvalue weighted by Gasteiger charge is -2.17. The summed E-state index contributed by atoms with van der Waals surface area (Å²) in [6.45, 7) is 0. The lowest BCUT2D eigenvalue weighted by Crippen LogP contribution is -2.13. The Balaban J connectivity index is 1.97. The molecule has 3 heteroatoms. The summed E-state index contributed by atoms with van der Waals surface area (Å²) in [7, 11) is 0. The van der Waals surface area contributed by atoms with Crippen molar-refractivity contribution in [1.82, 2.24) is 0 Å². The van der Waals surface area contributed by atoms with E-state index in [4.69, 9.17) is 0 Å². The largest absolute Gasteiger partial charge is 0.504 e. The topological polar surface area (TPSA) is 57.5 Å². The number of aromatic hydroxyl groups is 2. The molecule has 100 valence electrons. The van der Waals surface area contributed by atoms with Crippen LogP contribution in [0.5, 0.6) is 11.5 Å². The van der Waals surface area contributed by atoms with Crippen LogP contribution in [-0.4, -0.2) is 16.0 Å². The number of ketones is 1. The van der Waals surface area contributed by atoms with Crippen molar-refractivity contribution in [1.29, 1.82) is 0 Å². The van der Waals surface area contributed by atoms with E-state index in [1.807, 2.05) is 24.3 Å². The zero-order valence-electron chi connectivity index (χ0n) is 10.8. The normalized spacial score (nSPS) is 16.2. The van der Waals surface area contributed by atoms with Gasteiger partial charge in [-0.15, -0.1) is 0 Å². The van der Waals surface area contributed by atoms with Gasteiger partial charge in [0.15, 0.2) is 17.3 Å². The number of allylic oxidation sites excluding steroid dienone is 1. The SMILES string of the molecule is O=C1/C(=C\c2ccc(O)c(O)c2)CCc2ccccc21. The molecule has 0 heterocycles. The molecule has 2 N–H and O–H groups in total. The summed E-state index contributed by atoms with van der Waals surface area (Å²) in [5.41, 5.74) is 3.29. The fourth-order valence-corrected chi connectivity index (χ4v) is 2.48. The van der Waals surface area contributed by atoms with Gasteiger partial charge in [-0.1, -0.05) is 30.3 Å². The molecule has 1 aliphatic rings. The molecule has 0 saturated heterocycles. The second-order valence-electron chi connectivity index (χ2n) is 4.90. The molecule has 0 radical (unpaired) electrons. The molecular formula is C17H14O3. The molecule has 1 aliphatic carbocycles. The van der Waals surface area contributed by atoms with Crippen molar-refractivity contribution in [2.75, 3.05) is 0 Å². The van der Waals surface area contributed by atoms with E-state index >= 15 is 0 Å². The molecule has 0 unspecified atom stereocenters. The van der Waals surface area contributed by atoms with E-state index in [2.05, 4.69) is 0 Å². The van der Waals surface area contributed by atoms with Crippen LogP contribution in [0.15, 0.2) is 48.0 Å². The van der Waals surface area contributed by atoms with E-state index in [0.29, 0.717) is 12.0 Å². The zero-order chi connectivity index (χ0) is 14.1. The summed E-state index contributed by atoms with van der Waals surface area (Å²) in [5, 5.41) is 18.8. The van der Waals surface area contributed by atoms with Gasteiger partial charge in [0, 0.05) is 11.1 Å². The van der Waals surface area contributed by atoms with Gasteiger partial charge >= 0.3 is 0 Å². The summed E-state index contributed by atoms with van der Waals surface area (Å²) in [6.07, 6.45) is 3.31. The highest BCUT2D eigenvalue weighted by Crippen LogP contribution is 2.29. The lowest BCUT2D eigenvalue weighted by molar-refractivity contribution is 0.102. The Morgan fingerprint density at radius 2 is 1.75 bits per heavy atom. The van der Waals surface area contributed by atoms with Crippen LogP contribution in [0, 0.1) is 0 Å². The molecule has 2 aromatic carbocycles. The molecular weight excluding hydrogens is 252 g/mol. The summed E-state index contributed by atoms with van der Waals surface area (Å²) in [4.78, 5) is 12.4. The van der Waals surface area contributed by atoms with Crippen LogP contribution in [-0.2, 0) is 6.42 Å². The monoisotopic (exact) mass is 266 g/mol. The van der Waals surface area contributed by atoms with Crippen molar-refractivity contribution in [2.45, 2.75) is 12.8 Å². The average molecular weight is 266 g/mol. The number of carbonyl (C=O) groups is 1. The van der Waals surface area contributed by atoms with Crippen molar-refractivity contribution < 1.29 is 15.0 Å². The van der Waals surface area contributed by atoms with Crippen LogP contribution in [0.2, 0.25) is 0 Å². The minimum Gasteiger partial charge on any atom is -0.504 e. The van der Waals surface area contributed by atoms with Crippen LogP contribution in [0.3, 0.4) is 0 Å². The van der Waals surface area contributed by atoms with Crippen molar-refractivity contribution in [2.24, 2.45) is 0 Å². The van der Waals surface area contributed by atoms with Crippen LogP contribution in [0.1, 0.15) is 27.9 Å². The number of benzene rings is 2. The minimum atomic E-state index is -0.178. The van der Waals surface area contributed by atoms with Crippen LogP contribution < -0.4 is 0 Å². The number of rotatable bonds is 1. The first-order valence-corrected chi connectivity index (χ1v) is 6.50. The van der Waals surface area contributed by atoms with Gasteiger partial charge in [-0.05, 0) is 42.2 Å². The van der Waals surface area contributed by atoms with Crippen LogP contribution in [0.4, 0.5) is 0 Å². The molecule has 0 fully saturated rings. The van der Waals surface area contributed by atoms with Gasteiger partial charge in [-0.25, -0.2) is 0 Å². The number of fused-ring (bicyclic) bond motifs is 1. The van der Waals surface area contributed by atoms with E-state index in [-0.39, 0.29) is 17.3 Å². The number of hydrogen-bond donors (Lipinski definition) is 2. The predicted octanol–water partition coefficient (Wildman–Crippen LogP) is 3.31. The number of aryl methyl sites for hydroxylation is 1. The summed E-state index contributed by atoms with van der Waals surface area (Å²) >= 11 is 0. The van der Waals surface area contributed by atoms with Crippen LogP contribution in [0.25, 0.3) is 6.08 Å². The Morgan fingerprint density at radius 1 is 0.950 bits per heavy atom. The number of Topliss-reactive ketones (excluding diaryl/α,β-unsaturated/α-hetero) is 1. The predicted molar refractivity (Wildman–Crippen MR) is 76.8 cm³/mol. The molecule has 20 heavy (non-hydrogen) atoms. The number of phenols is 2. The second-order valence-corrected chi connectivity index (χ2v) is 4.90. The molecule has 0 amide bonds. The van der Waals surface area contributed by atoms with Crippen molar-refractivity contribution in [3.63, 3.8) is 0 Å². The molecule has 0 saturated carbocycles. The fourth-order valence-electron chi connectivity index (χ4n) is 2.48. The zero-order valence-corrected chi connectivity index (χ0v) is 10.8. The fraction of sp³-hybridized carbons (Fsp3) is 0.118. The smallest absolute Gasteiger partial charge is 0.189 e. The molecule has 3 nitrogen and oxygen atoms in total. The van der Waals surface area contributed by atoms with Crippen molar-refractivity contribution in [3.05, 3.63) is 64.7 Å². The second kappa shape index (κ2) is 4.85. The van der Waals surface area contributed by atoms with Gasteiger partial charge in [0.25, 0.3) is 0 Å². The van der Waals surface area contributed by atoms with E-state index in [0.717, 1.165) is 23.1 Å². The molecule has 0 spiro atoms. The Bertz CT molecular complexity index is 714. The summed E-state index contributed by atoms with van der Waals surface area (Å²) in [6, 6.07) is 12.2. The molecule has 0 aromatic heterocycles. The minimum absolute atomic E-state index is 0.0411. The maximum Gasteiger partial charge on any atom is 0.189 e. The maximum absolute atomic E-state index is 12.4. The van der Waals surface area contributed by atoms with E-state index in [1.165, 1.54) is 12.1 Å². The van der Waals surface area contributed by atoms with Crippen molar-refractivity contribution in [3.8, 4) is 11.5 Å². The third-order valence-corrected chi connectivity index (χ3v) is 3.56. The van der Waals surface area contributed by atoms with Crippen molar-refractivity contribution >= 4 is 11.9 Å². The van der Waals surface area contributed by atoms with Gasteiger partial charge in [0.2, 0.25) is 0 Å². The molecule has 2 aromatic rings. The standard InChI is InChI=1S/C17H14O3/c18-15-8-5-11(10-16(15)19)9-13-7-6-12-3-1-2-4-14(12)17(13)20/h1-5,8-10,18-19H,6-7H2/b13-9-. The third-order valence-electron chi connectivity index (χ3n) is 3.56. The van der Waals surface area contributed by atoms with E-state index in [1.54, 1.807) is 12.1 Å². The molecule has 0 atom stereocenters. The first-order chi connectivity index (χ1) is 9.65. The highest BCUT2D eigenvalue weighted by atomic mass is 16.3. The van der Waals surface area contributed by atoms with E-state index < -0.39 is 0 Å². The van der Waals surface area contributed by atoms with Crippen LogP contribution >= 0.6 is 0 Å². The molecule has 0 aliphatic heterocycles. The number of phenolic OH excluding ortho intramolecular Hbond substituents is 2. The van der Waals surface area contributed by atoms with Gasteiger partial charge < -0.3 is 10.2 Å². The molecule has 0 bridgehead atoms. The highest BCUT2D eigenvalue weighted by molar-refractivity contribution is 6.13. The Labute approximate surface area is 116 Å². The van der Waals surface area contributed by atoms with Gasteiger partial charge in [0.1, 0.15) is 0 Å². The first-order valence-electron chi connectivity index (χ1n) is 6.50. The van der Waals surface area contributed by atoms with Gasteiger partial charge in [0.05, 0.1) is 0 Å².